The molecule has 0 fully saturated rings. The number of carbonyl (C=O) groups excluding carboxylic acids is 3. The third-order valence-corrected chi connectivity index (χ3v) is 4.22. The Hall–Kier alpha value is -2.02. The van der Waals surface area contributed by atoms with Gasteiger partial charge < -0.3 is 14.8 Å². The zero-order valence-corrected chi connectivity index (χ0v) is 14.4. The number of hydrogen-bond donors (Lipinski definition) is 1. The number of methoxy groups -OCH3 is 2. The highest BCUT2D eigenvalue weighted by molar-refractivity contribution is 8.00. The van der Waals surface area contributed by atoms with Gasteiger partial charge in [0.1, 0.15) is 6.04 Å². The van der Waals surface area contributed by atoms with Crippen molar-refractivity contribution in [1.29, 1.82) is 0 Å². The standard InChI is InChI=1S/C16H21NO5S/c1-10-5-7-12(8-6-10)23-11(2)15(19)17-13(16(20)22-4)9-14(18)21-3/h5-8,11,13H,9H2,1-4H3,(H,17,19). The van der Waals surface area contributed by atoms with Gasteiger partial charge in [0.05, 0.1) is 25.9 Å². The summed E-state index contributed by atoms with van der Waals surface area (Å²) in [5, 5.41) is 2.10. The van der Waals surface area contributed by atoms with Crippen LogP contribution in [0.1, 0.15) is 18.9 Å². The summed E-state index contributed by atoms with van der Waals surface area (Å²) in [5.41, 5.74) is 1.13. The molecule has 0 bridgehead atoms. The lowest BCUT2D eigenvalue weighted by atomic mass is 10.2. The number of aryl methyl sites for hydroxylation is 1. The van der Waals surface area contributed by atoms with Gasteiger partial charge in [-0.25, -0.2) is 4.79 Å². The van der Waals surface area contributed by atoms with Crippen molar-refractivity contribution >= 4 is 29.6 Å². The summed E-state index contributed by atoms with van der Waals surface area (Å²) in [5.74, 6) is -1.63. The van der Waals surface area contributed by atoms with Gasteiger partial charge in [-0.1, -0.05) is 17.7 Å². The molecule has 1 aromatic rings. The molecule has 1 aromatic carbocycles. The van der Waals surface area contributed by atoms with Crippen LogP contribution in [0.15, 0.2) is 29.2 Å². The van der Waals surface area contributed by atoms with Crippen molar-refractivity contribution in [1.82, 2.24) is 5.32 Å². The minimum atomic E-state index is -1.05. The number of ether oxygens (including phenoxy) is 2. The molecule has 0 radical (unpaired) electrons. The zero-order valence-electron chi connectivity index (χ0n) is 13.6. The Bertz CT molecular complexity index is 558. The molecule has 0 aliphatic carbocycles. The number of amides is 1. The molecular formula is C16H21NO5S. The van der Waals surface area contributed by atoms with E-state index in [1.807, 2.05) is 31.2 Å². The zero-order chi connectivity index (χ0) is 17.4. The van der Waals surface area contributed by atoms with E-state index in [1.54, 1.807) is 6.92 Å². The number of nitrogens with one attached hydrogen (secondary N) is 1. The van der Waals surface area contributed by atoms with Gasteiger partial charge in [-0.15, -0.1) is 11.8 Å². The topological polar surface area (TPSA) is 81.7 Å². The lowest BCUT2D eigenvalue weighted by Gasteiger charge is -2.18. The molecule has 1 rings (SSSR count). The molecule has 126 valence electrons. The van der Waals surface area contributed by atoms with Crippen LogP contribution in [0, 0.1) is 6.92 Å². The van der Waals surface area contributed by atoms with E-state index in [0.29, 0.717) is 0 Å². The van der Waals surface area contributed by atoms with Gasteiger partial charge in [0, 0.05) is 4.90 Å². The van der Waals surface area contributed by atoms with E-state index >= 15 is 0 Å². The molecule has 1 amide bonds. The van der Waals surface area contributed by atoms with Crippen molar-refractivity contribution in [3.63, 3.8) is 0 Å². The molecule has 0 aliphatic rings. The molecule has 2 atom stereocenters. The van der Waals surface area contributed by atoms with E-state index in [1.165, 1.54) is 26.0 Å². The minimum Gasteiger partial charge on any atom is -0.469 e. The lowest BCUT2D eigenvalue weighted by molar-refractivity contribution is -0.150. The normalized spacial score (nSPS) is 12.9. The highest BCUT2D eigenvalue weighted by Crippen LogP contribution is 2.23. The van der Waals surface area contributed by atoms with Crippen molar-refractivity contribution < 1.29 is 23.9 Å². The van der Waals surface area contributed by atoms with E-state index in [9.17, 15) is 14.4 Å². The highest BCUT2D eigenvalue weighted by atomic mass is 32.2. The summed E-state index contributed by atoms with van der Waals surface area (Å²) in [6.07, 6.45) is -0.267. The summed E-state index contributed by atoms with van der Waals surface area (Å²) < 4.78 is 9.12. The predicted octanol–water partition coefficient (Wildman–Crippen LogP) is 1.70. The number of thioether (sulfide) groups is 1. The molecule has 0 aromatic heterocycles. The number of hydrogen-bond acceptors (Lipinski definition) is 6. The fourth-order valence-corrected chi connectivity index (χ4v) is 2.63. The Balaban J connectivity index is 2.67. The van der Waals surface area contributed by atoms with Gasteiger partial charge in [-0.2, -0.15) is 0 Å². The van der Waals surface area contributed by atoms with Crippen molar-refractivity contribution in [3.05, 3.63) is 29.8 Å². The van der Waals surface area contributed by atoms with Gasteiger partial charge in [0.25, 0.3) is 0 Å². The largest absolute Gasteiger partial charge is 0.469 e. The average molecular weight is 339 g/mol. The highest BCUT2D eigenvalue weighted by Gasteiger charge is 2.27. The van der Waals surface area contributed by atoms with E-state index in [-0.39, 0.29) is 12.3 Å². The third kappa shape index (κ3) is 6.32. The van der Waals surface area contributed by atoms with Crippen LogP contribution in [0.3, 0.4) is 0 Å². The monoisotopic (exact) mass is 339 g/mol. The molecule has 0 spiro atoms. The first-order valence-corrected chi connectivity index (χ1v) is 7.93. The minimum absolute atomic E-state index is 0.267. The maximum Gasteiger partial charge on any atom is 0.328 e. The van der Waals surface area contributed by atoms with Crippen LogP contribution in [0.2, 0.25) is 0 Å². The van der Waals surface area contributed by atoms with Crippen LogP contribution in [0.5, 0.6) is 0 Å². The molecule has 0 saturated heterocycles. The summed E-state index contributed by atoms with van der Waals surface area (Å²) in [7, 11) is 2.41. The molecule has 0 heterocycles. The fourth-order valence-electron chi connectivity index (χ4n) is 1.75. The average Bonchev–Trinajstić information content (AvgIpc) is 2.55. The van der Waals surface area contributed by atoms with E-state index in [0.717, 1.165) is 10.5 Å². The second kappa shape index (κ2) is 9.19. The van der Waals surface area contributed by atoms with Crippen LogP contribution in [0.4, 0.5) is 0 Å². The van der Waals surface area contributed by atoms with Gasteiger partial charge in [0.2, 0.25) is 5.91 Å². The summed E-state index contributed by atoms with van der Waals surface area (Å²) >= 11 is 1.37. The maximum atomic E-state index is 12.2. The predicted molar refractivity (Wildman–Crippen MR) is 87.1 cm³/mol. The number of carbonyl (C=O) groups is 3. The van der Waals surface area contributed by atoms with Crippen LogP contribution < -0.4 is 5.32 Å². The van der Waals surface area contributed by atoms with Crippen molar-refractivity contribution in [2.45, 2.75) is 36.5 Å². The molecule has 7 heteroatoms. The number of rotatable bonds is 7. The molecule has 1 N–H and O–H groups in total. The van der Waals surface area contributed by atoms with Gasteiger partial charge in [-0.05, 0) is 26.0 Å². The van der Waals surface area contributed by atoms with E-state index in [4.69, 9.17) is 0 Å². The maximum absolute atomic E-state index is 12.2. The quantitative estimate of drug-likeness (QED) is 0.601. The molecule has 6 nitrogen and oxygen atoms in total. The SMILES string of the molecule is COC(=O)CC(NC(=O)C(C)Sc1ccc(C)cc1)C(=O)OC. The molecular weight excluding hydrogens is 318 g/mol. The Kier molecular flexibility index (Phi) is 7.61. The smallest absolute Gasteiger partial charge is 0.328 e. The van der Waals surface area contributed by atoms with Crippen molar-refractivity contribution in [2.75, 3.05) is 14.2 Å². The Labute approximate surface area is 139 Å². The van der Waals surface area contributed by atoms with Crippen molar-refractivity contribution in [3.8, 4) is 0 Å². The Morgan fingerprint density at radius 3 is 2.26 bits per heavy atom. The van der Waals surface area contributed by atoms with Gasteiger partial charge in [-0.3, -0.25) is 9.59 Å². The second-order valence-corrected chi connectivity index (χ2v) is 6.35. The molecule has 2 unspecified atom stereocenters. The number of esters is 2. The first kappa shape index (κ1) is 19.0. The van der Waals surface area contributed by atoms with Crippen LogP contribution in [0.25, 0.3) is 0 Å². The van der Waals surface area contributed by atoms with Gasteiger partial charge in [0.15, 0.2) is 0 Å². The second-order valence-electron chi connectivity index (χ2n) is 4.94. The summed E-state index contributed by atoms with van der Waals surface area (Å²) in [6.45, 7) is 3.71. The third-order valence-electron chi connectivity index (χ3n) is 3.10. The first-order valence-electron chi connectivity index (χ1n) is 7.05. The van der Waals surface area contributed by atoms with Gasteiger partial charge >= 0.3 is 11.9 Å². The molecule has 0 aliphatic heterocycles. The Morgan fingerprint density at radius 2 is 1.74 bits per heavy atom. The Morgan fingerprint density at radius 1 is 1.13 bits per heavy atom. The van der Waals surface area contributed by atoms with Crippen LogP contribution in [-0.2, 0) is 23.9 Å². The first-order chi connectivity index (χ1) is 10.9. The summed E-state index contributed by atoms with van der Waals surface area (Å²) in [6, 6.07) is 6.72. The van der Waals surface area contributed by atoms with Crippen molar-refractivity contribution in [2.24, 2.45) is 0 Å². The fraction of sp³-hybridized carbons (Fsp3) is 0.438. The van der Waals surface area contributed by atoms with Crippen LogP contribution in [-0.4, -0.2) is 43.4 Å². The van der Waals surface area contributed by atoms with Crippen LogP contribution >= 0.6 is 11.8 Å². The lowest BCUT2D eigenvalue weighted by Crippen LogP contribution is -2.45. The molecule has 23 heavy (non-hydrogen) atoms. The van der Waals surface area contributed by atoms with E-state index in [2.05, 4.69) is 14.8 Å². The summed E-state index contributed by atoms with van der Waals surface area (Å²) in [4.78, 5) is 36.2. The molecule has 0 saturated carbocycles. The number of benzene rings is 1. The van der Waals surface area contributed by atoms with E-state index < -0.39 is 23.2 Å².